The van der Waals surface area contributed by atoms with Gasteiger partial charge in [0, 0.05) is 18.6 Å². The highest BCUT2D eigenvalue weighted by molar-refractivity contribution is 5.44. The molecule has 2 rings (SSSR count). The van der Waals surface area contributed by atoms with Crippen molar-refractivity contribution in [1.29, 1.82) is 0 Å². The summed E-state index contributed by atoms with van der Waals surface area (Å²) < 4.78 is 0. The van der Waals surface area contributed by atoms with Crippen molar-refractivity contribution in [3.05, 3.63) is 60.2 Å². The molecule has 0 saturated carbocycles. The summed E-state index contributed by atoms with van der Waals surface area (Å²) in [6, 6.07) is 9.52. The Morgan fingerprint density at radius 2 is 1.83 bits per heavy atom. The van der Waals surface area contributed by atoms with Crippen LogP contribution in [-0.4, -0.2) is 21.4 Å². The minimum Gasteiger partial charge on any atom is -0.392 e. The normalized spacial score (nSPS) is 8.17. The van der Waals surface area contributed by atoms with Crippen molar-refractivity contribution in [1.82, 2.24) is 9.97 Å². The molecule has 96 valence electrons. The number of rotatable bonds is 1. The van der Waals surface area contributed by atoms with Gasteiger partial charge in [-0.2, -0.15) is 0 Å². The van der Waals surface area contributed by atoms with Crippen molar-refractivity contribution < 1.29 is 9.90 Å². The van der Waals surface area contributed by atoms with Gasteiger partial charge in [0.15, 0.2) is 0 Å². The van der Waals surface area contributed by atoms with Crippen LogP contribution in [0.2, 0.25) is 0 Å². The van der Waals surface area contributed by atoms with E-state index in [-0.39, 0.29) is 6.61 Å². The lowest BCUT2D eigenvalue weighted by atomic mass is 10.2. The van der Waals surface area contributed by atoms with Crippen molar-refractivity contribution in [2.75, 3.05) is 0 Å². The van der Waals surface area contributed by atoms with Gasteiger partial charge in [0.2, 0.25) is 0 Å². The summed E-state index contributed by atoms with van der Waals surface area (Å²) in [4.78, 5) is 16.5. The Morgan fingerprint density at radius 3 is 2.11 bits per heavy atom. The van der Waals surface area contributed by atoms with Crippen LogP contribution in [0.25, 0.3) is 0 Å². The predicted octanol–water partition coefficient (Wildman–Crippen LogP) is 2.17. The first-order valence-electron chi connectivity index (χ1n) is 5.51. The Morgan fingerprint density at radius 1 is 1.22 bits per heavy atom. The number of aliphatic hydroxyl groups is 1. The fourth-order valence-electron chi connectivity index (χ4n) is 0.957. The van der Waals surface area contributed by atoms with Crippen LogP contribution in [0.4, 0.5) is 0 Å². The summed E-state index contributed by atoms with van der Waals surface area (Å²) in [7, 11) is 0. The third kappa shape index (κ3) is 9.18. The lowest BCUT2D eigenvalue weighted by molar-refractivity contribution is -0.106. The molecule has 0 aliphatic rings. The van der Waals surface area contributed by atoms with Crippen molar-refractivity contribution in [2.45, 2.75) is 20.5 Å². The summed E-state index contributed by atoms with van der Waals surface area (Å²) in [6.07, 6.45) is 5.81. The van der Waals surface area contributed by atoms with E-state index in [9.17, 15) is 0 Å². The zero-order valence-electron chi connectivity index (χ0n) is 10.7. The SMILES string of the molecule is CC=O.Cc1cnccn1.OCc1ccccc1. The molecule has 2 aromatic rings. The number of nitrogens with zero attached hydrogens (tertiary/aromatic N) is 2. The molecule has 0 spiro atoms. The smallest absolute Gasteiger partial charge is 0.116 e. The number of aliphatic hydroxyl groups excluding tert-OH is 1. The second kappa shape index (κ2) is 11.4. The molecule has 4 heteroatoms. The molecule has 1 aromatic heterocycles. The zero-order valence-corrected chi connectivity index (χ0v) is 10.7. The molecule has 0 aliphatic heterocycles. The van der Waals surface area contributed by atoms with Crippen LogP contribution >= 0.6 is 0 Å². The van der Waals surface area contributed by atoms with E-state index in [1.54, 1.807) is 18.6 Å². The summed E-state index contributed by atoms with van der Waals surface area (Å²) in [5, 5.41) is 8.54. The maximum Gasteiger partial charge on any atom is 0.116 e. The molecular weight excluding hydrogens is 228 g/mol. The van der Waals surface area contributed by atoms with Crippen LogP contribution in [0, 0.1) is 6.92 Å². The van der Waals surface area contributed by atoms with E-state index in [2.05, 4.69) is 9.97 Å². The molecule has 4 nitrogen and oxygen atoms in total. The van der Waals surface area contributed by atoms with Crippen LogP contribution < -0.4 is 0 Å². The highest BCUT2D eigenvalue weighted by Gasteiger charge is 1.81. The minimum absolute atomic E-state index is 0.140. The van der Waals surface area contributed by atoms with Crippen molar-refractivity contribution >= 4 is 6.29 Å². The summed E-state index contributed by atoms with van der Waals surface area (Å²) >= 11 is 0. The maximum atomic E-state index is 8.81. The second-order valence-electron chi connectivity index (χ2n) is 3.23. The van der Waals surface area contributed by atoms with Crippen molar-refractivity contribution in [2.24, 2.45) is 0 Å². The van der Waals surface area contributed by atoms with E-state index in [1.807, 2.05) is 37.3 Å². The molecule has 18 heavy (non-hydrogen) atoms. The fourth-order valence-corrected chi connectivity index (χ4v) is 0.957. The van der Waals surface area contributed by atoms with Crippen LogP contribution in [0.1, 0.15) is 18.2 Å². The van der Waals surface area contributed by atoms with Gasteiger partial charge in [-0.3, -0.25) is 9.97 Å². The van der Waals surface area contributed by atoms with Gasteiger partial charge >= 0.3 is 0 Å². The third-order valence-corrected chi connectivity index (χ3v) is 1.72. The monoisotopic (exact) mass is 246 g/mol. The Hall–Kier alpha value is -2.07. The number of carbonyl (C=O) groups is 1. The second-order valence-corrected chi connectivity index (χ2v) is 3.23. The molecule has 0 unspecified atom stereocenters. The van der Waals surface area contributed by atoms with E-state index in [4.69, 9.17) is 9.90 Å². The quantitative estimate of drug-likeness (QED) is 0.783. The van der Waals surface area contributed by atoms with Crippen LogP contribution in [0.15, 0.2) is 48.9 Å². The first-order valence-corrected chi connectivity index (χ1v) is 5.51. The summed E-state index contributed by atoms with van der Waals surface area (Å²) in [5.74, 6) is 0. The summed E-state index contributed by atoms with van der Waals surface area (Å²) in [6.45, 7) is 3.49. The molecule has 0 saturated heterocycles. The first-order chi connectivity index (χ1) is 8.74. The van der Waals surface area contributed by atoms with Gasteiger partial charge in [-0.1, -0.05) is 30.3 Å². The molecule has 1 heterocycles. The molecule has 1 N–H and O–H groups in total. The average molecular weight is 246 g/mol. The first kappa shape index (κ1) is 15.9. The Balaban J connectivity index is 0.000000267. The van der Waals surface area contributed by atoms with Gasteiger partial charge in [0.1, 0.15) is 6.29 Å². The number of carbonyl (C=O) groups excluding carboxylic acids is 1. The number of benzene rings is 1. The lowest BCUT2D eigenvalue weighted by Gasteiger charge is -1.89. The zero-order chi connectivity index (χ0) is 13.6. The maximum absolute atomic E-state index is 8.81. The van der Waals surface area contributed by atoms with E-state index >= 15 is 0 Å². The van der Waals surface area contributed by atoms with Gasteiger partial charge in [-0.25, -0.2) is 0 Å². The number of aldehydes is 1. The highest BCUT2D eigenvalue weighted by atomic mass is 16.3. The fraction of sp³-hybridized carbons (Fsp3) is 0.214. The lowest BCUT2D eigenvalue weighted by Crippen LogP contribution is -1.77. The molecule has 0 radical (unpaired) electrons. The van der Waals surface area contributed by atoms with Crippen LogP contribution in [-0.2, 0) is 11.4 Å². The van der Waals surface area contributed by atoms with Crippen molar-refractivity contribution in [3.63, 3.8) is 0 Å². The number of hydrogen-bond donors (Lipinski definition) is 1. The predicted molar refractivity (Wildman–Crippen MR) is 70.9 cm³/mol. The minimum atomic E-state index is 0.140. The molecule has 0 amide bonds. The molecule has 0 aliphatic carbocycles. The van der Waals surface area contributed by atoms with Gasteiger partial charge in [0.25, 0.3) is 0 Å². The topological polar surface area (TPSA) is 63.1 Å². The Kier molecular flexibility index (Phi) is 10.1. The van der Waals surface area contributed by atoms with Gasteiger partial charge < -0.3 is 9.90 Å². The molecule has 0 atom stereocenters. The third-order valence-electron chi connectivity index (χ3n) is 1.72. The standard InChI is InChI=1S/C7H8O.C5H6N2.C2H4O/c8-6-7-4-2-1-3-5-7;1-5-4-6-2-3-7-5;1-2-3/h1-5,8H,6H2;2-4H,1H3;2H,1H3. The molecule has 0 fully saturated rings. The van der Waals surface area contributed by atoms with E-state index < -0.39 is 0 Å². The van der Waals surface area contributed by atoms with E-state index in [0.29, 0.717) is 0 Å². The van der Waals surface area contributed by atoms with Crippen LogP contribution in [0.3, 0.4) is 0 Å². The number of hydrogen-bond acceptors (Lipinski definition) is 4. The number of aromatic nitrogens is 2. The largest absolute Gasteiger partial charge is 0.392 e. The van der Waals surface area contributed by atoms with Gasteiger partial charge in [0.05, 0.1) is 12.3 Å². The number of aryl methyl sites for hydroxylation is 1. The van der Waals surface area contributed by atoms with E-state index in [0.717, 1.165) is 17.5 Å². The van der Waals surface area contributed by atoms with Crippen molar-refractivity contribution in [3.8, 4) is 0 Å². The van der Waals surface area contributed by atoms with E-state index in [1.165, 1.54) is 6.92 Å². The van der Waals surface area contributed by atoms with Crippen LogP contribution in [0.5, 0.6) is 0 Å². The molecular formula is C14H18N2O2. The van der Waals surface area contributed by atoms with Gasteiger partial charge in [-0.05, 0) is 19.4 Å². The van der Waals surface area contributed by atoms with Gasteiger partial charge in [-0.15, -0.1) is 0 Å². The average Bonchev–Trinajstić information content (AvgIpc) is 2.42. The Bertz CT molecular complexity index is 405. The summed E-state index contributed by atoms with van der Waals surface area (Å²) in [5.41, 5.74) is 1.93. The molecule has 0 bridgehead atoms. The highest BCUT2D eigenvalue weighted by Crippen LogP contribution is 1.95. The molecule has 1 aromatic carbocycles. The Labute approximate surface area is 107 Å².